The van der Waals surface area contributed by atoms with Gasteiger partial charge >= 0.3 is 0 Å². The van der Waals surface area contributed by atoms with Crippen LogP contribution in [0.5, 0.6) is 0 Å². The van der Waals surface area contributed by atoms with Gasteiger partial charge in [-0.3, -0.25) is 0 Å². The van der Waals surface area contributed by atoms with Crippen LogP contribution in [0.1, 0.15) is 52.4 Å². The van der Waals surface area contributed by atoms with Crippen molar-refractivity contribution in [1.29, 1.82) is 0 Å². The molecule has 0 aliphatic heterocycles. The van der Waals surface area contributed by atoms with E-state index in [-0.39, 0.29) is 13.2 Å². The molecule has 0 fully saturated rings. The summed E-state index contributed by atoms with van der Waals surface area (Å²) < 4.78 is 0. The third-order valence-electron chi connectivity index (χ3n) is 2.98. The van der Waals surface area contributed by atoms with E-state index in [0.29, 0.717) is 11.8 Å². The zero-order chi connectivity index (χ0) is 10.8. The van der Waals surface area contributed by atoms with Gasteiger partial charge in [0.1, 0.15) is 0 Å². The number of rotatable bonds is 9. The van der Waals surface area contributed by atoms with E-state index in [9.17, 15) is 5.11 Å². The van der Waals surface area contributed by atoms with Crippen molar-refractivity contribution < 1.29 is 10.2 Å². The molecule has 0 amide bonds. The smallest absolute Gasteiger partial charge is 0.0459 e. The molecule has 2 unspecified atom stereocenters. The van der Waals surface area contributed by atoms with Gasteiger partial charge in [0.25, 0.3) is 0 Å². The van der Waals surface area contributed by atoms with Crippen LogP contribution in [-0.2, 0) is 0 Å². The van der Waals surface area contributed by atoms with Crippen molar-refractivity contribution in [3.63, 3.8) is 0 Å². The Morgan fingerprint density at radius 2 is 1.57 bits per heavy atom. The first-order valence-electron chi connectivity index (χ1n) is 6.00. The van der Waals surface area contributed by atoms with Gasteiger partial charge < -0.3 is 10.2 Å². The molecule has 0 aliphatic carbocycles. The summed E-state index contributed by atoms with van der Waals surface area (Å²) in [6, 6.07) is 0. The van der Waals surface area contributed by atoms with Gasteiger partial charge in [0.2, 0.25) is 0 Å². The summed E-state index contributed by atoms with van der Waals surface area (Å²) in [4.78, 5) is 0. The average Bonchev–Trinajstić information content (AvgIpc) is 2.23. The Morgan fingerprint density at radius 3 is 2.00 bits per heavy atom. The molecular formula is C12H26O2. The van der Waals surface area contributed by atoms with Gasteiger partial charge in [0, 0.05) is 13.2 Å². The molecule has 0 heterocycles. The van der Waals surface area contributed by atoms with Gasteiger partial charge in [-0.15, -0.1) is 0 Å². The molecule has 2 nitrogen and oxygen atoms in total. The van der Waals surface area contributed by atoms with Crippen molar-refractivity contribution >= 4 is 0 Å². The average molecular weight is 202 g/mol. The van der Waals surface area contributed by atoms with Crippen molar-refractivity contribution in [2.75, 3.05) is 13.2 Å². The van der Waals surface area contributed by atoms with E-state index in [1.807, 2.05) is 0 Å². The van der Waals surface area contributed by atoms with Gasteiger partial charge in [0.05, 0.1) is 0 Å². The van der Waals surface area contributed by atoms with Gasteiger partial charge in [0.15, 0.2) is 0 Å². The fourth-order valence-electron chi connectivity index (χ4n) is 1.81. The molecule has 86 valence electrons. The standard InChI is InChI=1S/C12H26O2/c1-3-5-6-7-12(10-14)8-11(4-2)9-13/h11-14H,3-10H2,1-2H3. The van der Waals surface area contributed by atoms with Crippen molar-refractivity contribution in [2.24, 2.45) is 11.8 Å². The van der Waals surface area contributed by atoms with Gasteiger partial charge in [-0.1, -0.05) is 39.5 Å². The zero-order valence-corrected chi connectivity index (χ0v) is 9.71. The molecule has 0 bridgehead atoms. The van der Waals surface area contributed by atoms with Crippen LogP contribution in [0.15, 0.2) is 0 Å². The summed E-state index contributed by atoms with van der Waals surface area (Å²) in [6.07, 6.45) is 6.81. The molecule has 0 rings (SSSR count). The summed E-state index contributed by atoms with van der Waals surface area (Å²) in [5.41, 5.74) is 0. The molecule has 0 aromatic carbocycles. The Labute approximate surface area is 88.3 Å². The van der Waals surface area contributed by atoms with Crippen LogP contribution in [0, 0.1) is 11.8 Å². The Morgan fingerprint density at radius 1 is 0.929 bits per heavy atom. The fourth-order valence-corrected chi connectivity index (χ4v) is 1.81. The number of aliphatic hydroxyl groups excluding tert-OH is 2. The van der Waals surface area contributed by atoms with E-state index >= 15 is 0 Å². The third-order valence-corrected chi connectivity index (χ3v) is 2.98. The van der Waals surface area contributed by atoms with Crippen LogP contribution in [-0.4, -0.2) is 23.4 Å². The predicted molar refractivity (Wildman–Crippen MR) is 60.2 cm³/mol. The number of hydrogen-bond acceptors (Lipinski definition) is 2. The highest BCUT2D eigenvalue weighted by Gasteiger charge is 2.13. The lowest BCUT2D eigenvalue weighted by Gasteiger charge is -2.19. The highest BCUT2D eigenvalue weighted by molar-refractivity contribution is 4.64. The monoisotopic (exact) mass is 202 g/mol. The first kappa shape index (κ1) is 13.9. The van der Waals surface area contributed by atoms with E-state index in [1.54, 1.807) is 0 Å². The van der Waals surface area contributed by atoms with Crippen LogP contribution in [0.2, 0.25) is 0 Å². The quantitative estimate of drug-likeness (QED) is 0.564. The number of unbranched alkanes of at least 4 members (excludes halogenated alkanes) is 2. The predicted octanol–water partition coefficient (Wildman–Crippen LogP) is 2.58. The van der Waals surface area contributed by atoms with Crippen molar-refractivity contribution in [3.05, 3.63) is 0 Å². The molecule has 14 heavy (non-hydrogen) atoms. The Hall–Kier alpha value is -0.0800. The van der Waals surface area contributed by atoms with Crippen molar-refractivity contribution in [1.82, 2.24) is 0 Å². The first-order valence-corrected chi connectivity index (χ1v) is 6.00. The van der Waals surface area contributed by atoms with Crippen LogP contribution >= 0.6 is 0 Å². The molecule has 2 N–H and O–H groups in total. The molecule has 0 aromatic heterocycles. The molecule has 0 aliphatic rings. The highest BCUT2D eigenvalue weighted by Crippen LogP contribution is 2.20. The van der Waals surface area contributed by atoms with Crippen molar-refractivity contribution in [2.45, 2.75) is 52.4 Å². The van der Waals surface area contributed by atoms with Gasteiger partial charge in [-0.05, 0) is 24.7 Å². The largest absolute Gasteiger partial charge is 0.396 e. The minimum Gasteiger partial charge on any atom is -0.396 e. The van der Waals surface area contributed by atoms with Crippen LogP contribution in [0.3, 0.4) is 0 Å². The van der Waals surface area contributed by atoms with Gasteiger partial charge in [-0.25, -0.2) is 0 Å². The van der Waals surface area contributed by atoms with E-state index in [2.05, 4.69) is 13.8 Å². The zero-order valence-electron chi connectivity index (χ0n) is 9.71. The molecule has 0 saturated heterocycles. The fraction of sp³-hybridized carbons (Fsp3) is 1.00. The first-order chi connectivity index (χ1) is 6.78. The molecule has 0 spiro atoms. The second-order valence-electron chi connectivity index (χ2n) is 4.24. The second-order valence-corrected chi connectivity index (χ2v) is 4.24. The molecule has 0 saturated carbocycles. The molecule has 0 radical (unpaired) electrons. The van der Waals surface area contributed by atoms with Gasteiger partial charge in [-0.2, -0.15) is 0 Å². The maximum Gasteiger partial charge on any atom is 0.0459 e. The Bertz CT molecular complexity index is 111. The maximum absolute atomic E-state index is 9.18. The second kappa shape index (κ2) is 9.47. The summed E-state index contributed by atoms with van der Waals surface area (Å²) in [7, 11) is 0. The molecular weight excluding hydrogens is 176 g/mol. The summed E-state index contributed by atoms with van der Waals surface area (Å²) >= 11 is 0. The van der Waals surface area contributed by atoms with E-state index in [0.717, 1.165) is 19.3 Å². The summed E-state index contributed by atoms with van der Waals surface area (Å²) in [6.45, 7) is 4.83. The van der Waals surface area contributed by atoms with Crippen molar-refractivity contribution in [3.8, 4) is 0 Å². The lowest BCUT2D eigenvalue weighted by Crippen LogP contribution is -2.15. The topological polar surface area (TPSA) is 40.5 Å². The Balaban J connectivity index is 3.65. The summed E-state index contributed by atoms with van der Waals surface area (Å²) in [5.74, 6) is 0.785. The lowest BCUT2D eigenvalue weighted by atomic mass is 9.90. The lowest BCUT2D eigenvalue weighted by molar-refractivity contribution is 0.151. The maximum atomic E-state index is 9.18. The minimum absolute atomic E-state index is 0.265. The van der Waals surface area contributed by atoms with E-state index < -0.39 is 0 Å². The normalized spacial score (nSPS) is 15.4. The third kappa shape index (κ3) is 6.39. The summed E-state index contributed by atoms with van der Waals surface area (Å²) in [5, 5.41) is 18.2. The van der Waals surface area contributed by atoms with Crippen LogP contribution in [0.25, 0.3) is 0 Å². The van der Waals surface area contributed by atoms with Crippen LogP contribution < -0.4 is 0 Å². The van der Waals surface area contributed by atoms with E-state index in [4.69, 9.17) is 5.11 Å². The number of aliphatic hydroxyl groups is 2. The molecule has 2 heteroatoms. The molecule has 2 atom stereocenters. The van der Waals surface area contributed by atoms with Crippen LogP contribution in [0.4, 0.5) is 0 Å². The Kier molecular flexibility index (Phi) is 9.42. The van der Waals surface area contributed by atoms with E-state index in [1.165, 1.54) is 19.3 Å². The molecule has 0 aromatic rings. The number of hydrogen-bond donors (Lipinski definition) is 2. The highest BCUT2D eigenvalue weighted by atomic mass is 16.3. The minimum atomic E-state index is 0.265. The SMILES string of the molecule is CCCCCC(CO)CC(CC)CO.